The van der Waals surface area contributed by atoms with E-state index in [2.05, 4.69) is 21.7 Å². The van der Waals surface area contributed by atoms with Crippen LogP contribution in [0.1, 0.15) is 18.4 Å². The Labute approximate surface area is 120 Å². The van der Waals surface area contributed by atoms with E-state index in [0.717, 1.165) is 49.9 Å². The summed E-state index contributed by atoms with van der Waals surface area (Å²) in [6, 6.07) is 6.02. The molecule has 0 unspecified atom stereocenters. The Balaban J connectivity index is 1.86. The summed E-state index contributed by atoms with van der Waals surface area (Å²) in [5, 5.41) is 6.65. The minimum atomic E-state index is 0.763. The van der Waals surface area contributed by atoms with E-state index in [1.165, 1.54) is 12.0 Å². The van der Waals surface area contributed by atoms with Crippen molar-refractivity contribution in [1.29, 1.82) is 0 Å². The molecule has 2 rings (SSSR count). The van der Waals surface area contributed by atoms with E-state index in [1.54, 1.807) is 14.2 Å². The van der Waals surface area contributed by atoms with Crippen LogP contribution in [0.3, 0.4) is 0 Å². The number of guanidine groups is 1. The highest BCUT2D eigenvalue weighted by atomic mass is 16.5. The van der Waals surface area contributed by atoms with E-state index in [0.29, 0.717) is 0 Å². The summed E-state index contributed by atoms with van der Waals surface area (Å²) >= 11 is 0. The minimum Gasteiger partial charge on any atom is -0.493 e. The Hall–Kier alpha value is -1.91. The second-order valence-electron chi connectivity index (χ2n) is 4.73. The summed E-state index contributed by atoms with van der Waals surface area (Å²) in [5.41, 5.74) is 1.21. The Morgan fingerprint density at radius 1 is 1.20 bits per heavy atom. The molecular formula is C15H23N3O2. The van der Waals surface area contributed by atoms with E-state index in [9.17, 15) is 0 Å². The summed E-state index contributed by atoms with van der Waals surface area (Å²) in [5.74, 6) is 2.46. The largest absolute Gasteiger partial charge is 0.493 e. The summed E-state index contributed by atoms with van der Waals surface area (Å²) in [6.07, 6.45) is 3.26. The van der Waals surface area contributed by atoms with E-state index in [1.807, 2.05) is 12.1 Å². The number of aliphatic imine (C=N–C) groups is 1. The zero-order valence-electron chi connectivity index (χ0n) is 12.2. The van der Waals surface area contributed by atoms with Crippen molar-refractivity contribution in [1.82, 2.24) is 10.6 Å². The zero-order valence-corrected chi connectivity index (χ0v) is 12.2. The van der Waals surface area contributed by atoms with Crippen molar-refractivity contribution in [3.63, 3.8) is 0 Å². The molecule has 0 saturated carbocycles. The summed E-state index contributed by atoms with van der Waals surface area (Å²) in [7, 11) is 3.30. The average molecular weight is 277 g/mol. The number of methoxy groups -OCH3 is 2. The number of hydrogen-bond acceptors (Lipinski definition) is 5. The van der Waals surface area contributed by atoms with Gasteiger partial charge >= 0.3 is 0 Å². The average Bonchev–Trinajstić information content (AvgIpc) is 2.76. The van der Waals surface area contributed by atoms with E-state index >= 15 is 0 Å². The second kappa shape index (κ2) is 7.62. The fraction of sp³-hybridized carbons (Fsp3) is 0.533. The van der Waals surface area contributed by atoms with Gasteiger partial charge in [0.1, 0.15) is 0 Å². The Morgan fingerprint density at radius 2 is 2.05 bits per heavy atom. The Bertz CT molecular complexity index is 460. The van der Waals surface area contributed by atoms with E-state index < -0.39 is 0 Å². The third kappa shape index (κ3) is 4.05. The van der Waals surface area contributed by atoms with Gasteiger partial charge in [-0.1, -0.05) is 6.07 Å². The maximum absolute atomic E-state index is 5.31. The van der Waals surface area contributed by atoms with Gasteiger partial charge in [0, 0.05) is 19.6 Å². The van der Waals surface area contributed by atoms with Crippen LogP contribution in [0.15, 0.2) is 23.2 Å². The number of rotatable bonds is 5. The monoisotopic (exact) mass is 277 g/mol. The zero-order chi connectivity index (χ0) is 14.2. The number of ether oxygens (including phenoxy) is 2. The van der Waals surface area contributed by atoms with Crippen LogP contribution < -0.4 is 20.1 Å². The summed E-state index contributed by atoms with van der Waals surface area (Å²) in [4.78, 5) is 4.47. The quantitative estimate of drug-likeness (QED) is 0.858. The molecule has 1 aliphatic heterocycles. The van der Waals surface area contributed by atoms with Crippen molar-refractivity contribution in [2.45, 2.75) is 19.3 Å². The molecule has 5 heteroatoms. The van der Waals surface area contributed by atoms with E-state index in [-0.39, 0.29) is 0 Å². The molecule has 20 heavy (non-hydrogen) atoms. The summed E-state index contributed by atoms with van der Waals surface area (Å²) in [6.45, 7) is 2.76. The molecule has 2 N–H and O–H groups in total. The van der Waals surface area contributed by atoms with E-state index in [4.69, 9.17) is 9.47 Å². The molecule has 1 aromatic rings. The highest BCUT2D eigenvalue weighted by molar-refractivity contribution is 5.79. The number of hydrogen-bond donors (Lipinski definition) is 2. The van der Waals surface area contributed by atoms with Crippen LogP contribution >= 0.6 is 0 Å². The molecule has 0 spiro atoms. The van der Waals surface area contributed by atoms with Crippen LogP contribution in [0.5, 0.6) is 11.5 Å². The van der Waals surface area contributed by atoms with Crippen LogP contribution in [-0.4, -0.2) is 39.8 Å². The van der Waals surface area contributed by atoms with Gasteiger partial charge in [0.15, 0.2) is 17.5 Å². The lowest BCUT2D eigenvalue weighted by molar-refractivity contribution is 0.354. The Morgan fingerprint density at radius 3 is 2.85 bits per heavy atom. The third-order valence-electron chi connectivity index (χ3n) is 3.30. The number of nitrogens with zero attached hydrogens (tertiary/aromatic N) is 1. The van der Waals surface area contributed by atoms with Crippen molar-refractivity contribution < 1.29 is 9.47 Å². The lowest BCUT2D eigenvalue weighted by Crippen LogP contribution is -2.38. The maximum atomic E-state index is 5.31. The molecule has 1 aromatic carbocycles. The molecular weight excluding hydrogens is 254 g/mol. The topological polar surface area (TPSA) is 54.9 Å². The first-order valence-electron chi connectivity index (χ1n) is 7.06. The number of nitrogens with one attached hydrogen (secondary N) is 2. The number of benzene rings is 1. The minimum absolute atomic E-state index is 0.763. The van der Waals surface area contributed by atoms with Crippen molar-refractivity contribution in [3.05, 3.63) is 23.8 Å². The van der Waals surface area contributed by atoms with Crippen LogP contribution in [0, 0.1) is 0 Å². The highest BCUT2D eigenvalue weighted by Crippen LogP contribution is 2.27. The van der Waals surface area contributed by atoms with Crippen LogP contribution in [0.4, 0.5) is 0 Å². The molecule has 0 fully saturated rings. The lowest BCUT2D eigenvalue weighted by Gasteiger charge is -2.12. The van der Waals surface area contributed by atoms with Crippen molar-refractivity contribution in [3.8, 4) is 11.5 Å². The first-order valence-corrected chi connectivity index (χ1v) is 7.06. The predicted molar refractivity (Wildman–Crippen MR) is 80.8 cm³/mol. The molecule has 1 aliphatic rings. The SMILES string of the molecule is COc1ccc(CCNC2=NCCCCN2)cc1OC. The van der Waals surface area contributed by atoms with Crippen LogP contribution in [0.25, 0.3) is 0 Å². The molecule has 110 valence electrons. The lowest BCUT2D eigenvalue weighted by atomic mass is 10.1. The molecule has 0 radical (unpaired) electrons. The molecule has 0 bridgehead atoms. The predicted octanol–water partition coefficient (Wildman–Crippen LogP) is 1.58. The van der Waals surface area contributed by atoms with Gasteiger partial charge in [-0.2, -0.15) is 0 Å². The van der Waals surface area contributed by atoms with Crippen LogP contribution in [0.2, 0.25) is 0 Å². The van der Waals surface area contributed by atoms with Gasteiger partial charge in [0.05, 0.1) is 14.2 Å². The highest BCUT2D eigenvalue weighted by Gasteiger charge is 2.05. The smallest absolute Gasteiger partial charge is 0.191 e. The van der Waals surface area contributed by atoms with Gasteiger partial charge in [-0.25, -0.2) is 0 Å². The molecule has 0 aliphatic carbocycles. The first-order chi connectivity index (χ1) is 9.83. The first kappa shape index (κ1) is 14.5. The van der Waals surface area contributed by atoms with Crippen LogP contribution in [-0.2, 0) is 6.42 Å². The van der Waals surface area contributed by atoms with Crippen molar-refractivity contribution >= 4 is 5.96 Å². The van der Waals surface area contributed by atoms with Gasteiger partial charge in [-0.15, -0.1) is 0 Å². The maximum Gasteiger partial charge on any atom is 0.191 e. The van der Waals surface area contributed by atoms with Gasteiger partial charge in [0.25, 0.3) is 0 Å². The van der Waals surface area contributed by atoms with Gasteiger partial charge in [0.2, 0.25) is 0 Å². The van der Waals surface area contributed by atoms with Crippen molar-refractivity contribution in [2.75, 3.05) is 33.9 Å². The Kier molecular flexibility index (Phi) is 5.53. The molecule has 0 aromatic heterocycles. The molecule has 5 nitrogen and oxygen atoms in total. The molecule has 1 heterocycles. The van der Waals surface area contributed by atoms with Gasteiger partial charge in [-0.05, 0) is 37.0 Å². The third-order valence-corrected chi connectivity index (χ3v) is 3.30. The fourth-order valence-corrected chi connectivity index (χ4v) is 2.17. The van der Waals surface area contributed by atoms with Crippen molar-refractivity contribution in [2.24, 2.45) is 4.99 Å². The second-order valence-corrected chi connectivity index (χ2v) is 4.73. The molecule has 0 atom stereocenters. The van der Waals surface area contributed by atoms with Gasteiger partial charge < -0.3 is 20.1 Å². The fourth-order valence-electron chi connectivity index (χ4n) is 2.17. The van der Waals surface area contributed by atoms with Gasteiger partial charge in [-0.3, -0.25) is 4.99 Å². The summed E-state index contributed by atoms with van der Waals surface area (Å²) < 4.78 is 10.5. The molecule has 0 amide bonds. The molecule has 0 saturated heterocycles. The standard InChI is InChI=1S/C15H23N3O2/c1-19-13-6-5-12(11-14(13)20-2)7-10-18-15-16-8-3-4-9-17-15/h5-6,11H,3-4,7-10H2,1-2H3,(H2,16,17,18). The normalized spacial score (nSPS) is 14.8.